The van der Waals surface area contributed by atoms with Gasteiger partial charge in [-0.05, 0) is 36.1 Å². The van der Waals surface area contributed by atoms with Crippen molar-refractivity contribution in [3.63, 3.8) is 0 Å². The molecule has 9 nitrogen and oxygen atoms in total. The maximum Gasteiger partial charge on any atom is 0.417 e. The van der Waals surface area contributed by atoms with Gasteiger partial charge >= 0.3 is 6.18 Å². The molecule has 0 aliphatic carbocycles. The zero-order chi connectivity index (χ0) is 19.8. The Kier molecular flexibility index (Phi) is 5.10. The van der Waals surface area contributed by atoms with Crippen LogP contribution in [0.15, 0.2) is 17.0 Å². The molecule has 3 rings (SSSR count). The summed E-state index contributed by atoms with van der Waals surface area (Å²) >= 11 is 0. The van der Waals surface area contributed by atoms with Gasteiger partial charge in [0.15, 0.2) is 0 Å². The number of primary sulfonamides is 1. The van der Waals surface area contributed by atoms with Crippen molar-refractivity contribution in [1.82, 2.24) is 20.6 Å². The van der Waals surface area contributed by atoms with Crippen LogP contribution in [0, 0.1) is 5.92 Å². The molecule has 1 aromatic carbocycles. The third-order valence-corrected chi connectivity index (χ3v) is 5.50. The SMILES string of the molecule is NS(=O)(=O)c1c(C(F)(F)F)ccc(N2CCC(CO)CC2)c1-c1nn[nH]n1. The Hall–Kier alpha value is -2.25. The van der Waals surface area contributed by atoms with Gasteiger partial charge < -0.3 is 10.0 Å². The summed E-state index contributed by atoms with van der Waals surface area (Å²) < 4.78 is 64.5. The predicted molar refractivity (Wildman–Crippen MR) is 88.0 cm³/mol. The number of rotatable bonds is 4. The van der Waals surface area contributed by atoms with Crippen LogP contribution in [0.2, 0.25) is 0 Å². The number of aliphatic hydroxyl groups is 1. The van der Waals surface area contributed by atoms with Gasteiger partial charge in [0.05, 0.1) is 11.1 Å². The van der Waals surface area contributed by atoms with Crippen molar-refractivity contribution >= 4 is 15.7 Å². The monoisotopic (exact) mass is 406 g/mol. The Morgan fingerprint density at radius 1 is 1.30 bits per heavy atom. The number of tetrazole rings is 1. The number of anilines is 1. The lowest BCUT2D eigenvalue weighted by molar-refractivity contribution is -0.139. The standard InChI is InChI=1S/C14H17F3N6O3S/c15-14(16,17)9-1-2-10(23-5-3-8(7-24)4-6-23)11(12(9)27(18,25)26)13-19-21-22-20-13/h1-2,8,24H,3-7H2,(H2,18,25,26)(H,19,20,21,22). The number of sulfonamides is 1. The van der Waals surface area contributed by atoms with E-state index in [2.05, 4.69) is 20.6 Å². The zero-order valence-electron chi connectivity index (χ0n) is 13.9. The predicted octanol–water partition coefficient (Wildman–Crippen LogP) is 0.742. The van der Waals surface area contributed by atoms with Crippen molar-refractivity contribution in [1.29, 1.82) is 0 Å². The highest BCUT2D eigenvalue weighted by Crippen LogP contribution is 2.43. The largest absolute Gasteiger partial charge is 0.417 e. The van der Waals surface area contributed by atoms with Crippen molar-refractivity contribution in [3.8, 4) is 11.4 Å². The van der Waals surface area contributed by atoms with Crippen LogP contribution in [-0.2, 0) is 16.2 Å². The molecule has 1 fully saturated rings. The van der Waals surface area contributed by atoms with Gasteiger partial charge in [-0.15, -0.1) is 10.2 Å². The molecule has 0 bridgehead atoms. The number of hydrogen-bond donors (Lipinski definition) is 3. The van der Waals surface area contributed by atoms with Gasteiger partial charge in [-0.3, -0.25) is 0 Å². The summed E-state index contributed by atoms with van der Waals surface area (Å²) in [5.74, 6) is -0.216. The van der Waals surface area contributed by atoms with Crippen molar-refractivity contribution < 1.29 is 26.7 Å². The summed E-state index contributed by atoms with van der Waals surface area (Å²) in [5.41, 5.74) is -1.52. The summed E-state index contributed by atoms with van der Waals surface area (Å²) in [6, 6.07) is 1.87. The van der Waals surface area contributed by atoms with E-state index in [4.69, 9.17) is 5.14 Å². The number of aromatic nitrogens is 4. The molecule has 0 spiro atoms. The van der Waals surface area contributed by atoms with Gasteiger partial charge in [-0.25, -0.2) is 13.6 Å². The molecule has 2 aromatic rings. The van der Waals surface area contributed by atoms with E-state index in [0.717, 1.165) is 0 Å². The summed E-state index contributed by atoms with van der Waals surface area (Å²) in [7, 11) is -4.76. The number of alkyl halides is 3. The Balaban J connectivity index is 2.24. The molecule has 0 amide bonds. The van der Waals surface area contributed by atoms with Crippen LogP contribution in [0.4, 0.5) is 18.9 Å². The molecule has 1 saturated heterocycles. The average Bonchev–Trinajstić information content (AvgIpc) is 3.13. The number of aliphatic hydroxyl groups excluding tert-OH is 1. The number of nitrogens with one attached hydrogen (secondary N) is 1. The molecule has 0 atom stereocenters. The number of nitrogens with zero attached hydrogens (tertiary/aromatic N) is 4. The molecule has 0 saturated carbocycles. The number of piperidine rings is 1. The van der Waals surface area contributed by atoms with E-state index in [1.165, 1.54) is 6.07 Å². The van der Waals surface area contributed by atoms with Crippen LogP contribution in [0.25, 0.3) is 11.4 Å². The Labute approximate surface area is 152 Å². The van der Waals surface area contributed by atoms with E-state index >= 15 is 0 Å². The Morgan fingerprint density at radius 3 is 2.44 bits per heavy atom. The third kappa shape index (κ3) is 3.89. The lowest BCUT2D eigenvalue weighted by Crippen LogP contribution is -2.35. The normalized spacial score (nSPS) is 16.7. The van der Waals surface area contributed by atoms with Crippen LogP contribution in [0.3, 0.4) is 0 Å². The van der Waals surface area contributed by atoms with E-state index in [9.17, 15) is 26.7 Å². The first-order chi connectivity index (χ1) is 12.6. The van der Waals surface area contributed by atoms with Crippen LogP contribution < -0.4 is 10.0 Å². The molecule has 1 aliphatic heterocycles. The molecular weight excluding hydrogens is 389 g/mol. The first-order valence-corrected chi connectivity index (χ1v) is 9.54. The van der Waals surface area contributed by atoms with Crippen LogP contribution >= 0.6 is 0 Å². The highest BCUT2D eigenvalue weighted by molar-refractivity contribution is 7.89. The number of hydrogen-bond acceptors (Lipinski definition) is 7. The summed E-state index contributed by atoms with van der Waals surface area (Å²) in [6.07, 6.45) is -3.73. The highest BCUT2D eigenvalue weighted by Gasteiger charge is 2.40. The van der Waals surface area contributed by atoms with Crippen LogP contribution in [0.5, 0.6) is 0 Å². The van der Waals surface area contributed by atoms with Crippen molar-refractivity contribution in [3.05, 3.63) is 17.7 Å². The van der Waals surface area contributed by atoms with E-state index in [1.54, 1.807) is 4.90 Å². The molecular formula is C14H17F3N6O3S. The maximum absolute atomic E-state index is 13.4. The van der Waals surface area contributed by atoms with Crippen LogP contribution in [0.1, 0.15) is 18.4 Å². The lowest BCUT2D eigenvalue weighted by Gasteiger charge is -2.34. The molecule has 148 valence electrons. The van der Waals surface area contributed by atoms with Gasteiger partial charge in [-0.1, -0.05) is 0 Å². The van der Waals surface area contributed by atoms with Crippen molar-refractivity contribution in [2.24, 2.45) is 11.1 Å². The van der Waals surface area contributed by atoms with E-state index in [-0.39, 0.29) is 29.6 Å². The Morgan fingerprint density at radius 2 is 1.96 bits per heavy atom. The number of aromatic amines is 1. The smallest absolute Gasteiger partial charge is 0.396 e. The molecule has 27 heavy (non-hydrogen) atoms. The van der Waals surface area contributed by atoms with Crippen molar-refractivity contribution in [2.75, 3.05) is 24.6 Å². The molecule has 0 unspecified atom stereocenters. The van der Waals surface area contributed by atoms with E-state index in [1.807, 2.05) is 0 Å². The number of benzene rings is 1. The van der Waals surface area contributed by atoms with Gasteiger partial charge in [-0.2, -0.15) is 18.4 Å². The number of nitrogens with two attached hydrogens (primary N) is 1. The first kappa shape index (κ1) is 19.5. The minimum absolute atomic E-state index is 0.0149. The summed E-state index contributed by atoms with van der Waals surface area (Å²) in [6.45, 7) is 0.859. The second kappa shape index (κ2) is 7.05. The van der Waals surface area contributed by atoms with Gasteiger partial charge in [0.1, 0.15) is 4.90 Å². The second-order valence-corrected chi connectivity index (χ2v) is 7.73. The lowest BCUT2D eigenvalue weighted by atomic mass is 9.96. The van der Waals surface area contributed by atoms with Gasteiger partial charge in [0, 0.05) is 25.4 Å². The topological polar surface area (TPSA) is 138 Å². The Bertz CT molecular complexity index is 909. The molecule has 13 heteroatoms. The zero-order valence-corrected chi connectivity index (χ0v) is 14.8. The fourth-order valence-corrected chi connectivity index (χ4v) is 4.17. The minimum atomic E-state index is -4.94. The fourth-order valence-electron chi connectivity index (χ4n) is 3.19. The van der Waals surface area contributed by atoms with Gasteiger partial charge in [0.2, 0.25) is 15.8 Å². The maximum atomic E-state index is 13.4. The van der Waals surface area contributed by atoms with Crippen LogP contribution in [-0.4, -0.2) is 53.8 Å². The molecule has 0 radical (unpaired) electrons. The quantitative estimate of drug-likeness (QED) is 0.681. The second-order valence-electron chi connectivity index (χ2n) is 6.23. The third-order valence-electron chi connectivity index (χ3n) is 4.51. The molecule has 2 heterocycles. The first-order valence-electron chi connectivity index (χ1n) is 7.99. The summed E-state index contributed by atoms with van der Waals surface area (Å²) in [5, 5.41) is 27.2. The molecule has 1 aromatic heterocycles. The van der Waals surface area contributed by atoms with Crippen molar-refractivity contribution in [2.45, 2.75) is 23.9 Å². The van der Waals surface area contributed by atoms with E-state index in [0.29, 0.717) is 32.0 Å². The minimum Gasteiger partial charge on any atom is -0.396 e. The van der Waals surface area contributed by atoms with E-state index < -0.39 is 26.7 Å². The number of halogens is 3. The fraction of sp³-hybridized carbons (Fsp3) is 0.500. The highest BCUT2D eigenvalue weighted by atomic mass is 32.2. The average molecular weight is 406 g/mol. The number of H-pyrrole nitrogens is 1. The molecule has 4 N–H and O–H groups in total. The van der Waals surface area contributed by atoms with Gasteiger partial charge in [0.25, 0.3) is 0 Å². The summed E-state index contributed by atoms with van der Waals surface area (Å²) in [4.78, 5) is 0.644. The molecule has 1 aliphatic rings.